The molecule has 0 bridgehead atoms. The molecule has 0 spiro atoms. The van der Waals surface area contributed by atoms with E-state index in [0.29, 0.717) is 12.2 Å². The lowest BCUT2D eigenvalue weighted by atomic mass is 10.3. The lowest BCUT2D eigenvalue weighted by Crippen LogP contribution is -2.06. The zero-order valence-corrected chi connectivity index (χ0v) is 5.68. The third-order valence-electron chi connectivity index (χ3n) is 0.847. The molecule has 0 unspecified atom stereocenters. The Morgan fingerprint density at radius 3 is 2.67 bits per heavy atom. The van der Waals surface area contributed by atoms with Crippen molar-refractivity contribution in [1.29, 1.82) is 0 Å². The van der Waals surface area contributed by atoms with Gasteiger partial charge in [-0.25, -0.2) is 4.79 Å². The minimum Gasteiger partial charge on any atom is -0.463 e. The van der Waals surface area contributed by atoms with E-state index in [0.717, 1.165) is 0 Å². The molecule has 3 nitrogen and oxygen atoms in total. The Bertz CT molecular complexity index is 129. The summed E-state index contributed by atoms with van der Waals surface area (Å²) in [4.78, 5) is 10.6. The van der Waals surface area contributed by atoms with Gasteiger partial charge in [-0.05, 0) is 13.8 Å². The summed E-state index contributed by atoms with van der Waals surface area (Å²) in [6.45, 7) is 3.75. The summed E-state index contributed by atoms with van der Waals surface area (Å²) in [6.07, 6.45) is 1.23. The lowest BCUT2D eigenvalue weighted by molar-refractivity contribution is -0.138. The van der Waals surface area contributed by atoms with E-state index >= 15 is 0 Å². The van der Waals surface area contributed by atoms with Crippen LogP contribution in [0.3, 0.4) is 0 Å². The minimum atomic E-state index is -0.347. The van der Waals surface area contributed by atoms with Gasteiger partial charge in [-0.3, -0.25) is 0 Å². The maximum atomic E-state index is 10.6. The Hall–Kier alpha value is -0.990. The molecule has 0 saturated carbocycles. The molecule has 0 atom stereocenters. The van der Waals surface area contributed by atoms with Gasteiger partial charge in [-0.15, -0.1) is 0 Å². The number of hydrogen-bond donors (Lipinski definition) is 1. The molecule has 9 heavy (non-hydrogen) atoms. The zero-order chi connectivity index (χ0) is 7.28. The second-order valence-electron chi connectivity index (χ2n) is 1.57. The molecule has 0 radical (unpaired) electrons. The normalized spacial score (nSPS) is 11.1. The van der Waals surface area contributed by atoms with Crippen molar-refractivity contribution in [1.82, 2.24) is 0 Å². The summed E-state index contributed by atoms with van der Waals surface area (Å²) in [5.74, 6) is -0.347. The van der Waals surface area contributed by atoms with Gasteiger partial charge in [0.15, 0.2) is 0 Å². The van der Waals surface area contributed by atoms with Gasteiger partial charge < -0.3 is 10.5 Å². The van der Waals surface area contributed by atoms with E-state index in [4.69, 9.17) is 5.73 Å². The van der Waals surface area contributed by atoms with Crippen LogP contribution in [0, 0.1) is 0 Å². The third-order valence-corrected chi connectivity index (χ3v) is 0.847. The fourth-order valence-corrected chi connectivity index (χ4v) is 0.313. The van der Waals surface area contributed by atoms with Crippen LogP contribution in [0.1, 0.15) is 13.8 Å². The number of carbonyl (C=O) groups is 1. The molecule has 0 aromatic rings. The van der Waals surface area contributed by atoms with E-state index in [1.807, 2.05) is 0 Å². The van der Waals surface area contributed by atoms with Gasteiger partial charge in [0, 0.05) is 11.8 Å². The maximum absolute atomic E-state index is 10.6. The van der Waals surface area contributed by atoms with Gasteiger partial charge in [0.1, 0.15) is 0 Å². The first-order valence-electron chi connectivity index (χ1n) is 2.78. The fraction of sp³-hybridized carbons (Fsp3) is 0.500. The molecule has 0 saturated heterocycles. The smallest absolute Gasteiger partial charge is 0.335 e. The topological polar surface area (TPSA) is 52.3 Å². The minimum absolute atomic E-state index is 0.347. The molecule has 0 amide bonds. The molecule has 0 rings (SSSR count). The summed E-state index contributed by atoms with van der Waals surface area (Å²) in [5, 5.41) is 0. The van der Waals surface area contributed by atoms with E-state index in [-0.39, 0.29) is 5.97 Å². The molecule has 0 fully saturated rings. The summed E-state index contributed by atoms with van der Waals surface area (Å²) in [7, 11) is 0. The molecule has 0 aromatic heterocycles. The SMILES string of the molecule is CCOC(=O)/C(C)=C/N. The van der Waals surface area contributed by atoms with Crippen LogP contribution in [0.4, 0.5) is 0 Å². The van der Waals surface area contributed by atoms with Crippen molar-refractivity contribution in [2.75, 3.05) is 6.61 Å². The molecule has 2 N–H and O–H groups in total. The Balaban J connectivity index is 3.74. The highest BCUT2D eigenvalue weighted by atomic mass is 16.5. The van der Waals surface area contributed by atoms with E-state index in [1.165, 1.54) is 6.20 Å². The van der Waals surface area contributed by atoms with Crippen LogP contribution in [-0.4, -0.2) is 12.6 Å². The van der Waals surface area contributed by atoms with Gasteiger partial charge in [-0.1, -0.05) is 0 Å². The lowest BCUT2D eigenvalue weighted by Gasteiger charge is -1.98. The largest absolute Gasteiger partial charge is 0.463 e. The first kappa shape index (κ1) is 8.01. The Kier molecular flexibility index (Phi) is 3.51. The van der Waals surface area contributed by atoms with Crippen LogP contribution in [0.2, 0.25) is 0 Å². The average Bonchev–Trinajstić information content (AvgIpc) is 1.87. The average molecular weight is 129 g/mol. The Labute approximate surface area is 54.5 Å². The van der Waals surface area contributed by atoms with Crippen LogP contribution in [-0.2, 0) is 9.53 Å². The highest BCUT2D eigenvalue weighted by Crippen LogP contribution is 1.91. The highest BCUT2D eigenvalue weighted by Gasteiger charge is 2.00. The number of rotatable bonds is 2. The molecule has 0 aromatic carbocycles. The van der Waals surface area contributed by atoms with E-state index < -0.39 is 0 Å². The summed E-state index contributed by atoms with van der Waals surface area (Å²) in [6, 6.07) is 0. The number of carbonyl (C=O) groups excluding carboxylic acids is 1. The van der Waals surface area contributed by atoms with E-state index in [1.54, 1.807) is 13.8 Å². The van der Waals surface area contributed by atoms with Crippen molar-refractivity contribution < 1.29 is 9.53 Å². The Morgan fingerprint density at radius 2 is 2.33 bits per heavy atom. The van der Waals surface area contributed by atoms with Crippen molar-refractivity contribution in [3.05, 3.63) is 11.8 Å². The number of nitrogens with two attached hydrogens (primary N) is 1. The van der Waals surface area contributed by atoms with Crippen LogP contribution < -0.4 is 5.73 Å². The van der Waals surface area contributed by atoms with Crippen LogP contribution in [0.25, 0.3) is 0 Å². The number of hydrogen-bond acceptors (Lipinski definition) is 3. The Morgan fingerprint density at radius 1 is 1.78 bits per heavy atom. The first-order valence-corrected chi connectivity index (χ1v) is 2.78. The molecule has 52 valence electrons. The van der Waals surface area contributed by atoms with Crippen molar-refractivity contribution in [3.8, 4) is 0 Å². The van der Waals surface area contributed by atoms with Gasteiger partial charge in [0.05, 0.1) is 6.61 Å². The number of ether oxygens (including phenoxy) is 1. The predicted octanol–water partition coefficient (Wildman–Crippen LogP) is 0.412. The van der Waals surface area contributed by atoms with E-state index in [2.05, 4.69) is 4.74 Å². The first-order chi connectivity index (χ1) is 4.22. The molecule has 0 heterocycles. The molecule has 0 aliphatic rings. The summed E-state index contributed by atoms with van der Waals surface area (Å²) in [5.41, 5.74) is 5.48. The fourth-order valence-electron chi connectivity index (χ4n) is 0.313. The van der Waals surface area contributed by atoms with Crippen LogP contribution in [0.5, 0.6) is 0 Å². The maximum Gasteiger partial charge on any atom is 0.335 e. The molecule has 0 aliphatic heterocycles. The standard InChI is InChI=1S/C6H11NO2/c1-3-9-6(8)5(2)4-7/h4H,3,7H2,1-2H3/b5-4+. The van der Waals surface area contributed by atoms with Gasteiger partial charge in [0.2, 0.25) is 0 Å². The number of esters is 1. The van der Waals surface area contributed by atoms with Crippen molar-refractivity contribution in [2.24, 2.45) is 5.73 Å². The highest BCUT2D eigenvalue weighted by molar-refractivity contribution is 5.87. The van der Waals surface area contributed by atoms with Gasteiger partial charge >= 0.3 is 5.97 Å². The molecule has 0 aliphatic carbocycles. The molecular formula is C6H11NO2. The van der Waals surface area contributed by atoms with E-state index in [9.17, 15) is 4.79 Å². The monoisotopic (exact) mass is 129 g/mol. The third kappa shape index (κ3) is 2.74. The zero-order valence-electron chi connectivity index (χ0n) is 5.68. The molecular weight excluding hydrogens is 118 g/mol. The van der Waals surface area contributed by atoms with Gasteiger partial charge in [-0.2, -0.15) is 0 Å². The predicted molar refractivity (Wildman–Crippen MR) is 34.6 cm³/mol. The summed E-state index contributed by atoms with van der Waals surface area (Å²) < 4.78 is 4.61. The van der Waals surface area contributed by atoms with Crippen LogP contribution >= 0.6 is 0 Å². The second kappa shape index (κ2) is 3.95. The second-order valence-corrected chi connectivity index (χ2v) is 1.57. The quantitative estimate of drug-likeness (QED) is 0.434. The molecule has 3 heteroatoms. The van der Waals surface area contributed by atoms with Crippen molar-refractivity contribution in [3.63, 3.8) is 0 Å². The van der Waals surface area contributed by atoms with Crippen molar-refractivity contribution >= 4 is 5.97 Å². The van der Waals surface area contributed by atoms with Gasteiger partial charge in [0.25, 0.3) is 0 Å². The van der Waals surface area contributed by atoms with Crippen molar-refractivity contribution in [2.45, 2.75) is 13.8 Å². The van der Waals surface area contributed by atoms with Crippen LogP contribution in [0.15, 0.2) is 11.8 Å². The summed E-state index contributed by atoms with van der Waals surface area (Å²) >= 11 is 0.